The topological polar surface area (TPSA) is 114 Å². The van der Waals surface area contributed by atoms with Crippen molar-refractivity contribution < 1.29 is 13.2 Å². The summed E-state index contributed by atoms with van der Waals surface area (Å²) in [5.41, 5.74) is 4.98. The first-order valence-electron chi connectivity index (χ1n) is 6.54. The van der Waals surface area contributed by atoms with Gasteiger partial charge in [0.1, 0.15) is 10.7 Å². The molecule has 0 bridgehead atoms. The van der Waals surface area contributed by atoms with Crippen LogP contribution >= 0.6 is 11.6 Å². The molecule has 0 unspecified atom stereocenters. The van der Waals surface area contributed by atoms with E-state index in [1.54, 1.807) is 0 Å². The first-order chi connectivity index (χ1) is 9.86. The van der Waals surface area contributed by atoms with E-state index < -0.39 is 15.9 Å². The molecular formula is C12H19ClN4O3S. The lowest BCUT2D eigenvalue weighted by atomic mass is 10.3. The van der Waals surface area contributed by atoms with Gasteiger partial charge in [-0.05, 0) is 18.9 Å². The number of nitrogens with two attached hydrogens (primary N) is 1. The molecule has 1 aromatic rings. The summed E-state index contributed by atoms with van der Waals surface area (Å²) in [6.45, 7) is 2.82. The van der Waals surface area contributed by atoms with Gasteiger partial charge in [-0.2, -0.15) is 0 Å². The molecule has 1 aromatic heterocycles. The van der Waals surface area contributed by atoms with E-state index >= 15 is 0 Å². The number of primary amides is 1. The number of nitrogens with one attached hydrogen (secondary N) is 2. The quantitative estimate of drug-likeness (QED) is 0.585. The second-order valence-corrected chi connectivity index (χ2v) is 6.57. The summed E-state index contributed by atoms with van der Waals surface area (Å²) in [5, 5.41) is 3.24. The maximum absolute atomic E-state index is 12.0. The highest BCUT2D eigenvalue weighted by Crippen LogP contribution is 2.22. The Labute approximate surface area is 129 Å². The summed E-state index contributed by atoms with van der Waals surface area (Å²) in [6.07, 6.45) is 2.60. The lowest BCUT2D eigenvalue weighted by Crippen LogP contribution is -2.26. The Hall–Kier alpha value is -1.38. The second-order valence-electron chi connectivity index (χ2n) is 4.40. The van der Waals surface area contributed by atoms with E-state index in [2.05, 4.69) is 15.0 Å². The van der Waals surface area contributed by atoms with Crippen molar-refractivity contribution in [3.8, 4) is 0 Å². The summed E-state index contributed by atoms with van der Waals surface area (Å²) >= 11 is 6.00. The van der Waals surface area contributed by atoms with Gasteiger partial charge in [-0.25, -0.2) is 18.1 Å². The van der Waals surface area contributed by atoms with Crippen molar-refractivity contribution in [2.45, 2.75) is 31.1 Å². The van der Waals surface area contributed by atoms with Crippen LogP contribution in [0.5, 0.6) is 0 Å². The first-order valence-corrected chi connectivity index (χ1v) is 8.40. The van der Waals surface area contributed by atoms with E-state index in [9.17, 15) is 13.2 Å². The fourth-order valence-corrected chi connectivity index (χ4v) is 2.84. The average molecular weight is 335 g/mol. The van der Waals surface area contributed by atoms with Crippen LogP contribution in [0.15, 0.2) is 17.2 Å². The molecule has 0 aliphatic rings. The maximum Gasteiger partial charge on any atom is 0.242 e. The third kappa shape index (κ3) is 5.86. The smallest absolute Gasteiger partial charge is 0.242 e. The lowest BCUT2D eigenvalue weighted by molar-refractivity contribution is -0.118. The van der Waals surface area contributed by atoms with Gasteiger partial charge in [0.2, 0.25) is 15.9 Å². The summed E-state index contributed by atoms with van der Waals surface area (Å²) in [7, 11) is -3.69. The number of sulfonamides is 1. The average Bonchev–Trinajstić information content (AvgIpc) is 2.42. The molecule has 0 aromatic carbocycles. The Morgan fingerprint density at radius 2 is 2.14 bits per heavy atom. The zero-order chi connectivity index (χ0) is 15.9. The molecule has 1 heterocycles. The van der Waals surface area contributed by atoms with Crippen LogP contribution in [0, 0.1) is 0 Å². The van der Waals surface area contributed by atoms with Crippen LogP contribution in [0.25, 0.3) is 0 Å². The van der Waals surface area contributed by atoms with Crippen LogP contribution in [0.3, 0.4) is 0 Å². The molecule has 7 nitrogen and oxygen atoms in total. The van der Waals surface area contributed by atoms with E-state index in [0.717, 1.165) is 6.42 Å². The molecule has 0 saturated carbocycles. The Kier molecular flexibility index (Phi) is 6.86. The third-order valence-electron chi connectivity index (χ3n) is 2.56. The van der Waals surface area contributed by atoms with Crippen molar-refractivity contribution in [1.29, 1.82) is 0 Å². The minimum absolute atomic E-state index is 0.0198. The minimum Gasteiger partial charge on any atom is -0.370 e. The molecule has 0 radical (unpaired) electrons. The first kappa shape index (κ1) is 17.7. The van der Waals surface area contributed by atoms with Gasteiger partial charge in [-0.3, -0.25) is 4.79 Å². The highest BCUT2D eigenvalue weighted by atomic mass is 35.5. The van der Waals surface area contributed by atoms with Gasteiger partial charge in [0, 0.05) is 25.7 Å². The lowest BCUT2D eigenvalue weighted by Gasteiger charge is -2.09. The van der Waals surface area contributed by atoms with E-state index in [4.69, 9.17) is 17.3 Å². The molecule has 118 valence electrons. The highest BCUT2D eigenvalue weighted by molar-refractivity contribution is 7.89. The number of amides is 1. The number of carbonyl (C=O) groups is 1. The van der Waals surface area contributed by atoms with Crippen molar-refractivity contribution in [2.24, 2.45) is 5.73 Å². The van der Waals surface area contributed by atoms with Crippen molar-refractivity contribution in [3.63, 3.8) is 0 Å². The van der Waals surface area contributed by atoms with Crippen LogP contribution < -0.4 is 15.8 Å². The van der Waals surface area contributed by atoms with Crippen molar-refractivity contribution in [3.05, 3.63) is 17.3 Å². The van der Waals surface area contributed by atoms with Crippen LogP contribution in [-0.2, 0) is 14.8 Å². The van der Waals surface area contributed by atoms with Crippen LogP contribution in [0.2, 0.25) is 5.02 Å². The summed E-state index contributed by atoms with van der Waals surface area (Å²) in [4.78, 5) is 14.6. The van der Waals surface area contributed by atoms with Gasteiger partial charge in [0.25, 0.3) is 0 Å². The van der Waals surface area contributed by atoms with Crippen molar-refractivity contribution in [2.75, 3.05) is 18.4 Å². The number of hydrogen-bond donors (Lipinski definition) is 3. The van der Waals surface area contributed by atoms with Gasteiger partial charge in [0.05, 0.1) is 5.02 Å². The molecule has 1 rings (SSSR count). The van der Waals surface area contributed by atoms with Gasteiger partial charge < -0.3 is 11.1 Å². The summed E-state index contributed by atoms with van der Waals surface area (Å²) in [5.74, 6) is -0.0172. The van der Waals surface area contributed by atoms with Crippen molar-refractivity contribution in [1.82, 2.24) is 9.71 Å². The minimum atomic E-state index is -3.69. The number of rotatable bonds is 9. The fraction of sp³-hybridized carbons (Fsp3) is 0.500. The molecule has 0 aliphatic carbocycles. The zero-order valence-electron chi connectivity index (χ0n) is 11.7. The Morgan fingerprint density at radius 1 is 1.43 bits per heavy atom. The molecule has 0 aliphatic heterocycles. The Bertz CT molecular complexity index is 592. The predicted molar refractivity (Wildman–Crippen MR) is 81.6 cm³/mol. The van der Waals surface area contributed by atoms with E-state index in [0.29, 0.717) is 18.8 Å². The number of anilines is 1. The Morgan fingerprint density at radius 3 is 2.71 bits per heavy atom. The number of aromatic nitrogens is 1. The number of halogens is 1. The molecule has 0 atom stereocenters. The number of pyridine rings is 1. The van der Waals surface area contributed by atoms with Crippen LogP contribution in [0.1, 0.15) is 26.2 Å². The summed E-state index contributed by atoms with van der Waals surface area (Å²) in [6, 6.07) is 1.34. The van der Waals surface area contributed by atoms with Gasteiger partial charge >= 0.3 is 0 Å². The third-order valence-corrected chi connectivity index (χ3v) is 4.28. The fourth-order valence-electron chi connectivity index (χ4n) is 1.49. The highest BCUT2D eigenvalue weighted by Gasteiger charge is 2.16. The molecular weight excluding hydrogens is 316 g/mol. The van der Waals surface area contributed by atoms with E-state index in [1.165, 1.54) is 12.3 Å². The molecule has 0 spiro atoms. The monoisotopic (exact) mass is 334 g/mol. The molecule has 4 N–H and O–H groups in total. The second kappa shape index (κ2) is 8.16. The van der Waals surface area contributed by atoms with E-state index in [1.807, 2.05) is 6.92 Å². The van der Waals surface area contributed by atoms with Crippen molar-refractivity contribution >= 4 is 33.3 Å². The predicted octanol–water partition coefficient (Wildman–Crippen LogP) is 1.10. The molecule has 0 fully saturated rings. The number of carbonyl (C=O) groups excluding carboxylic acids is 1. The maximum atomic E-state index is 12.0. The SMILES string of the molecule is CCCNc1ncc(S(=O)(=O)NCCCC(N)=O)cc1Cl. The van der Waals surface area contributed by atoms with Crippen LogP contribution in [-0.4, -0.2) is 32.4 Å². The standard InChI is InChI=1S/C12H19ClN4O3S/c1-2-5-15-12-10(13)7-9(8-16-12)21(19,20)17-6-3-4-11(14)18/h7-8,17H,2-6H2,1H3,(H2,14,18)(H,15,16). The largest absolute Gasteiger partial charge is 0.370 e. The molecule has 0 saturated heterocycles. The number of nitrogens with zero attached hydrogens (tertiary/aromatic N) is 1. The van der Waals surface area contributed by atoms with Gasteiger partial charge in [-0.1, -0.05) is 18.5 Å². The normalized spacial score (nSPS) is 11.3. The van der Waals surface area contributed by atoms with Crippen LogP contribution in [0.4, 0.5) is 5.82 Å². The Balaban J connectivity index is 2.70. The van der Waals surface area contributed by atoms with Gasteiger partial charge in [-0.15, -0.1) is 0 Å². The molecule has 9 heteroatoms. The summed E-state index contributed by atoms with van der Waals surface area (Å²) < 4.78 is 26.4. The van der Waals surface area contributed by atoms with E-state index in [-0.39, 0.29) is 22.9 Å². The number of hydrogen-bond acceptors (Lipinski definition) is 5. The van der Waals surface area contributed by atoms with Gasteiger partial charge in [0.15, 0.2) is 0 Å². The zero-order valence-corrected chi connectivity index (χ0v) is 13.3. The molecule has 21 heavy (non-hydrogen) atoms. The molecule has 1 amide bonds.